The van der Waals surface area contributed by atoms with Gasteiger partial charge in [-0.2, -0.15) is 0 Å². The molecule has 186 valence electrons. The lowest BCUT2D eigenvalue weighted by molar-refractivity contribution is -0.139. The lowest BCUT2D eigenvalue weighted by Gasteiger charge is -2.16. The van der Waals surface area contributed by atoms with E-state index in [2.05, 4.69) is 16.0 Å². The molecule has 0 aliphatic heterocycles. The molecule has 0 fully saturated rings. The average Bonchev–Trinajstić information content (AvgIpc) is 2.84. The Labute approximate surface area is 212 Å². The predicted molar refractivity (Wildman–Crippen MR) is 133 cm³/mol. The van der Waals surface area contributed by atoms with E-state index in [4.69, 9.17) is 11.6 Å². The first-order chi connectivity index (χ1) is 17.1. The fraction of sp³-hybridized carbons (Fsp3) is 0.154. The minimum Gasteiger partial charge on any atom is -0.508 e. The molecule has 3 aromatic carbocycles. The molecule has 0 heterocycles. The molecule has 1 atom stereocenters. The molecule has 3 amide bonds. The van der Waals surface area contributed by atoms with Gasteiger partial charge in [0.15, 0.2) is 0 Å². The molecule has 0 aliphatic rings. The first kappa shape index (κ1) is 26.2. The first-order valence-corrected chi connectivity index (χ1v) is 11.3. The summed E-state index contributed by atoms with van der Waals surface area (Å²) in [6.45, 7) is 1.65. The van der Waals surface area contributed by atoms with Crippen LogP contribution in [0.25, 0.3) is 0 Å². The zero-order valence-electron chi connectivity index (χ0n) is 19.2. The Morgan fingerprint density at radius 2 is 1.56 bits per heavy atom. The molecule has 10 heteroatoms. The molecule has 0 aliphatic carbocycles. The number of halogens is 1. The summed E-state index contributed by atoms with van der Waals surface area (Å²) < 4.78 is 0. The second kappa shape index (κ2) is 11.9. The fourth-order valence-electron chi connectivity index (χ4n) is 3.31. The van der Waals surface area contributed by atoms with E-state index in [-0.39, 0.29) is 35.0 Å². The van der Waals surface area contributed by atoms with E-state index in [1.54, 1.807) is 30.3 Å². The Morgan fingerprint density at radius 1 is 0.861 bits per heavy atom. The first-order valence-electron chi connectivity index (χ1n) is 10.9. The van der Waals surface area contributed by atoms with Crippen molar-refractivity contribution >= 4 is 35.3 Å². The molecular weight excluding hydrogens is 486 g/mol. The van der Waals surface area contributed by atoms with Gasteiger partial charge < -0.3 is 26.2 Å². The number of aromatic hydroxyl groups is 1. The Hall–Kier alpha value is -4.37. The summed E-state index contributed by atoms with van der Waals surface area (Å²) in [6.07, 6.45) is 0. The lowest BCUT2D eigenvalue weighted by atomic mass is 10.1. The SMILES string of the molecule is Cc1cccc(C(=O)NC[C@H](NC(=O)c2ccc(C(=O)NCc3cccc(O)c3)cc2Cl)C(=O)O)c1. The van der Waals surface area contributed by atoms with Gasteiger partial charge in [-0.05, 0) is 55.0 Å². The number of aliphatic carboxylic acids is 1. The predicted octanol–water partition coefficient (Wildman–Crippen LogP) is 2.90. The zero-order valence-corrected chi connectivity index (χ0v) is 20.0. The zero-order chi connectivity index (χ0) is 26.2. The van der Waals surface area contributed by atoms with Crippen LogP contribution < -0.4 is 16.0 Å². The minimum atomic E-state index is -1.41. The van der Waals surface area contributed by atoms with Crippen LogP contribution in [0.4, 0.5) is 0 Å². The fourth-order valence-corrected chi connectivity index (χ4v) is 3.58. The average molecular weight is 510 g/mol. The molecule has 0 unspecified atom stereocenters. The lowest BCUT2D eigenvalue weighted by Crippen LogP contribution is -2.48. The van der Waals surface area contributed by atoms with Crippen molar-refractivity contribution in [1.29, 1.82) is 0 Å². The van der Waals surface area contributed by atoms with Crippen LogP contribution >= 0.6 is 11.6 Å². The van der Waals surface area contributed by atoms with E-state index >= 15 is 0 Å². The number of phenolic OH excluding ortho intramolecular Hbond substituents is 1. The smallest absolute Gasteiger partial charge is 0.328 e. The van der Waals surface area contributed by atoms with Gasteiger partial charge in [0.05, 0.1) is 10.6 Å². The number of amides is 3. The number of carboxylic acid groups (broad SMARTS) is 1. The Bertz CT molecular complexity index is 1310. The summed E-state index contributed by atoms with van der Waals surface area (Å²) in [5.41, 5.74) is 2.09. The second-order valence-corrected chi connectivity index (χ2v) is 8.40. The van der Waals surface area contributed by atoms with Crippen molar-refractivity contribution in [2.45, 2.75) is 19.5 Å². The molecule has 9 nitrogen and oxygen atoms in total. The number of benzene rings is 3. The maximum Gasteiger partial charge on any atom is 0.328 e. The molecule has 3 aromatic rings. The number of hydrogen-bond acceptors (Lipinski definition) is 5. The summed E-state index contributed by atoms with van der Waals surface area (Å²) in [4.78, 5) is 49.1. The van der Waals surface area contributed by atoms with E-state index in [1.165, 1.54) is 30.3 Å². The van der Waals surface area contributed by atoms with Gasteiger partial charge in [0, 0.05) is 24.2 Å². The van der Waals surface area contributed by atoms with Crippen LogP contribution in [0.1, 0.15) is 42.2 Å². The number of nitrogens with one attached hydrogen (secondary N) is 3. The molecular formula is C26H24ClN3O6. The van der Waals surface area contributed by atoms with Crippen LogP contribution in [-0.2, 0) is 11.3 Å². The molecule has 5 N–H and O–H groups in total. The molecule has 0 saturated carbocycles. The normalized spacial score (nSPS) is 11.3. The number of carbonyl (C=O) groups excluding carboxylic acids is 3. The Morgan fingerprint density at radius 3 is 2.22 bits per heavy atom. The molecule has 0 radical (unpaired) electrons. The van der Waals surface area contributed by atoms with Gasteiger partial charge in [-0.25, -0.2) is 4.79 Å². The second-order valence-electron chi connectivity index (χ2n) is 7.99. The summed E-state index contributed by atoms with van der Waals surface area (Å²) in [5, 5.41) is 26.5. The summed E-state index contributed by atoms with van der Waals surface area (Å²) in [6, 6.07) is 15.8. The molecule has 0 bridgehead atoms. The van der Waals surface area contributed by atoms with E-state index in [1.807, 2.05) is 13.0 Å². The van der Waals surface area contributed by atoms with Gasteiger partial charge in [-0.1, -0.05) is 41.4 Å². The van der Waals surface area contributed by atoms with E-state index in [0.29, 0.717) is 11.1 Å². The van der Waals surface area contributed by atoms with E-state index < -0.39 is 29.7 Å². The van der Waals surface area contributed by atoms with Crippen LogP contribution in [0.5, 0.6) is 5.75 Å². The van der Waals surface area contributed by atoms with Crippen LogP contribution in [0.2, 0.25) is 5.02 Å². The summed E-state index contributed by atoms with van der Waals surface area (Å²) in [5.74, 6) is -2.96. The molecule has 0 spiro atoms. The van der Waals surface area contributed by atoms with Gasteiger partial charge in [-0.15, -0.1) is 0 Å². The molecule has 3 rings (SSSR count). The number of phenols is 1. The van der Waals surface area contributed by atoms with Crippen LogP contribution in [-0.4, -0.2) is 46.5 Å². The highest BCUT2D eigenvalue weighted by Gasteiger charge is 2.23. The number of carboxylic acids is 1. The summed E-state index contributed by atoms with van der Waals surface area (Å²) >= 11 is 6.20. The molecule has 36 heavy (non-hydrogen) atoms. The summed E-state index contributed by atoms with van der Waals surface area (Å²) in [7, 11) is 0. The van der Waals surface area contributed by atoms with Crippen molar-refractivity contribution in [3.05, 3.63) is 99.6 Å². The van der Waals surface area contributed by atoms with E-state index in [9.17, 15) is 29.4 Å². The van der Waals surface area contributed by atoms with Gasteiger partial charge >= 0.3 is 5.97 Å². The van der Waals surface area contributed by atoms with Crippen LogP contribution in [0, 0.1) is 6.92 Å². The molecule has 0 saturated heterocycles. The van der Waals surface area contributed by atoms with Gasteiger partial charge in [0.1, 0.15) is 11.8 Å². The van der Waals surface area contributed by atoms with Crippen molar-refractivity contribution in [1.82, 2.24) is 16.0 Å². The van der Waals surface area contributed by atoms with Gasteiger partial charge in [-0.3, -0.25) is 14.4 Å². The number of carbonyl (C=O) groups is 4. The standard InChI is InChI=1S/C26H24ClN3O6/c1-15-4-2-6-17(10-15)23(32)29-14-22(26(35)36)30-25(34)20-9-8-18(12-21(20)27)24(33)28-13-16-5-3-7-19(31)11-16/h2-12,22,31H,13-14H2,1H3,(H,28,33)(H,29,32)(H,30,34)(H,35,36)/t22-/m0/s1. The highest BCUT2D eigenvalue weighted by Crippen LogP contribution is 2.19. The van der Waals surface area contributed by atoms with Gasteiger partial charge in [0.2, 0.25) is 0 Å². The van der Waals surface area contributed by atoms with Gasteiger partial charge in [0.25, 0.3) is 17.7 Å². The Balaban J connectivity index is 1.61. The van der Waals surface area contributed by atoms with Crippen molar-refractivity contribution in [2.24, 2.45) is 0 Å². The largest absolute Gasteiger partial charge is 0.508 e. The highest BCUT2D eigenvalue weighted by molar-refractivity contribution is 6.34. The molecule has 0 aromatic heterocycles. The highest BCUT2D eigenvalue weighted by atomic mass is 35.5. The third kappa shape index (κ3) is 7.07. The number of aryl methyl sites for hydroxylation is 1. The van der Waals surface area contributed by atoms with Crippen molar-refractivity contribution in [3.63, 3.8) is 0 Å². The quantitative estimate of drug-likeness (QED) is 0.300. The maximum absolute atomic E-state index is 12.7. The Kier molecular flexibility index (Phi) is 8.64. The van der Waals surface area contributed by atoms with Crippen LogP contribution in [0.3, 0.4) is 0 Å². The minimum absolute atomic E-state index is 0.0301. The van der Waals surface area contributed by atoms with Crippen molar-refractivity contribution in [3.8, 4) is 5.75 Å². The monoisotopic (exact) mass is 509 g/mol. The number of rotatable bonds is 9. The number of hydrogen-bond donors (Lipinski definition) is 5. The van der Waals surface area contributed by atoms with E-state index in [0.717, 1.165) is 5.56 Å². The van der Waals surface area contributed by atoms with Crippen molar-refractivity contribution in [2.75, 3.05) is 6.54 Å². The third-order valence-electron chi connectivity index (χ3n) is 5.19. The van der Waals surface area contributed by atoms with Crippen molar-refractivity contribution < 1.29 is 29.4 Å². The third-order valence-corrected chi connectivity index (χ3v) is 5.50. The van der Waals surface area contributed by atoms with Crippen LogP contribution in [0.15, 0.2) is 66.7 Å². The topological polar surface area (TPSA) is 145 Å². The maximum atomic E-state index is 12.7.